The van der Waals surface area contributed by atoms with Crippen LogP contribution in [0.2, 0.25) is 0 Å². The quantitative estimate of drug-likeness (QED) is 0.813. The highest BCUT2D eigenvalue weighted by molar-refractivity contribution is 5.89. The van der Waals surface area contributed by atoms with Gasteiger partial charge in [0.15, 0.2) is 0 Å². The van der Waals surface area contributed by atoms with Crippen LogP contribution < -0.4 is 15.4 Å². The molecule has 2 N–H and O–H groups in total. The maximum absolute atomic E-state index is 12.9. The number of benzene rings is 2. The number of fused-ring (bicyclic) bond motifs is 1. The lowest BCUT2D eigenvalue weighted by Gasteiger charge is -2.31. The van der Waals surface area contributed by atoms with Crippen molar-refractivity contribution in [2.45, 2.75) is 32.1 Å². The highest BCUT2D eigenvalue weighted by Gasteiger charge is 2.31. The summed E-state index contributed by atoms with van der Waals surface area (Å²) in [7, 11) is 1.60. The summed E-state index contributed by atoms with van der Waals surface area (Å²) in [5.41, 5.74) is 3.24. The van der Waals surface area contributed by atoms with Gasteiger partial charge >= 0.3 is 6.03 Å². The molecule has 3 amide bonds. The van der Waals surface area contributed by atoms with E-state index in [4.69, 9.17) is 4.74 Å². The monoisotopic (exact) mass is 395 g/mol. The van der Waals surface area contributed by atoms with Crippen LogP contribution in [-0.4, -0.2) is 43.6 Å². The van der Waals surface area contributed by atoms with Gasteiger partial charge in [0.1, 0.15) is 5.75 Å². The molecular formula is C23H29N3O3. The van der Waals surface area contributed by atoms with Crippen LogP contribution in [0.5, 0.6) is 5.75 Å². The Labute approximate surface area is 172 Å². The molecule has 1 heterocycles. The smallest absolute Gasteiger partial charge is 0.321 e. The maximum Gasteiger partial charge on any atom is 0.321 e. The van der Waals surface area contributed by atoms with Gasteiger partial charge < -0.3 is 20.3 Å². The van der Waals surface area contributed by atoms with Crippen LogP contribution >= 0.6 is 0 Å². The molecule has 29 heavy (non-hydrogen) atoms. The zero-order chi connectivity index (χ0) is 20.9. The van der Waals surface area contributed by atoms with E-state index in [0.29, 0.717) is 37.6 Å². The summed E-state index contributed by atoms with van der Waals surface area (Å²) < 4.78 is 5.55. The molecule has 0 spiro atoms. The number of carbonyl (C=O) groups excluding carboxylic acids is 2. The third-order valence-corrected chi connectivity index (χ3v) is 5.25. The van der Waals surface area contributed by atoms with Gasteiger partial charge in [-0.15, -0.1) is 0 Å². The zero-order valence-corrected chi connectivity index (χ0v) is 17.3. The molecule has 0 saturated carbocycles. The minimum absolute atomic E-state index is 0.0589. The van der Waals surface area contributed by atoms with Crippen LogP contribution in [0.3, 0.4) is 0 Å². The van der Waals surface area contributed by atoms with Crippen molar-refractivity contribution in [2.24, 2.45) is 0 Å². The molecular weight excluding hydrogens is 366 g/mol. The summed E-state index contributed by atoms with van der Waals surface area (Å²) in [6.07, 6.45) is 1.16. The highest BCUT2D eigenvalue weighted by atomic mass is 16.5. The number of anilines is 1. The third kappa shape index (κ3) is 5.28. The maximum atomic E-state index is 12.9. The van der Waals surface area contributed by atoms with Crippen molar-refractivity contribution >= 4 is 17.6 Å². The average molecular weight is 396 g/mol. The summed E-state index contributed by atoms with van der Waals surface area (Å²) in [5, 5.41) is 5.54. The van der Waals surface area contributed by atoms with Crippen molar-refractivity contribution in [3.63, 3.8) is 0 Å². The second kappa shape index (κ2) is 8.99. The number of ether oxygens (including phenoxy) is 1. The fourth-order valence-corrected chi connectivity index (χ4v) is 3.69. The number of nitrogens with zero attached hydrogens (tertiary/aromatic N) is 1. The Kier molecular flexibility index (Phi) is 6.42. The first-order chi connectivity index (χ1) is 13.9. The zero-order valence-electron chi connectivity index (χ0n) is 17.3. The molecule has 0 aromatic heterocycles. The fraction of sp³-hybridized carbons (Fsp3) is 0.391. The minimum atomic E-state index is -0.104. The van der Waals surface area contributed by atoms with E-state index in [1.54, 1.807) is 19.2 Å². The van der Waals surface area contributed by atoms with Crippen LogP contribution in [-0.2, 0) is 16.6 Å². The lowest BCUT2D eigenvalue weighted by Crippen LogP contribution is -2.42. The van der Waals surface area contributed by atoms with Crippen molar-refractivity contribution in [3.8, 4) is 5.75 Å². The van der Waals surface area contributed by atoms with Crippen molar-refractivity contribution in [1.29, 1.82) is 0 Å². The molecule has 0 aliphatic carbocycles. The van der Waals surface area contributed by atoms with Gasteiger partial charge in [-0.25, -0.2) is 4.79 Å². The Balaban J connectivity index is 1.58. The van der Waals surface area contributed by atoms with Gasteiger partial charge in [0, 0.05) is 31.2 Å². The van der Waals surface area contributed by atoms with E-state index in [1.165, 1.54) is 11.1 Å². The molecule has 1 aliphatic heterocycles. The Morgan fingerprint density at radius 1 is 1.10 bits per heavy atom. The normalized spacial score (nSPS) is 15.1. The largest absolute Gasteiger partial charge is 0.493 e. The average Bonchev–Trinajstić information content (AvgIpc) is 2.85. The molecule has 154 valence electrons. The molecule has 0 bridgehead atoms. The van der Waals surface area contributed by atoms with E-state index >= 15 is 0 Å². The molecule has 0 atom stereocenters. The number of hydrogen-bond acceptors (Lipinski definition) is 3. The van der Waals surface area contributed by atoms with Gasteiger partial charge in [-0.3, -0.25) is 4.79 Å². The number of carbonyl (C=O) groups is 2. The third-order valence-electron chi connectivity index (χ3n) is 5.25. The van der Waals surface area contributed by atoms with E-state index in [1.807, 2.05) is 17.0 Å². The van der Waals surface area contributed by atoms with Crippen molar-refractivity contribution in [1.82, 2.24) is 10.2 Å². The van der Waals surface area contributed by atoms with Gasteiger partial charge in [0.25, 0.3) is 0 Å². The summed E-state index contributed by atoms with van der Waals surface area (Å²) in [5.74, 6) is 0.606. The molecule has 1 aliphatic rings. The Hall–Kier alpha value is -3.02. The lowest BCUT2D eigenvalue weighted by molar-refractivity contribution is -0.121. The molecule has 6 heteroatoms. The Morgan fingerprint density at radius 2 is 1.83 bits per heavy atom. The number of hydrogen-bond donors (Lipinski definition) is 2. The van der Waals surface area contributed by atoms with Crippen LogP contribution in [0.15, 0.2) is 48.5 Å². The van der Waals surface area contributed by atoms with E-state index in [9.17, 15) is 9.59 Å². The molecule has 0 unspecified atom stereocenters. The first-order valence-corrected chi connectivity index (χ1v) is 9.97. The predicted octanol–water partition coefficient (Wildman–Crippen LogP) is 3.57. The summed E-state index contributed by atoms with van der Waals surface area (Å²) in [6.45, 7) is 6.03. The van der Waals surface area contributed by atoms with Gasteiger partial charge in [-0.1, -0.05) is 38.1 Å². The van der Waals surface area contributed by atoms with Crippen molar-refractivity contribution < 1.29 is 14.3 Å². The molecule has 0 fully saturated rings. The number of rotatable bonds is 5. The van der Waals surface area contributed by atoms with Crippen LogP contribution in [0.1, 0.15) is 31.4 Å². The first-order valence-electron chi connectivity index (χ1n) is 9.97. The molecule has 6 nitrogen and oxygen atoms in total. The predicted molar refractivity (Wildman–Crippen MR) is 114 cm³/mol. The molecule has 0 saturated heterocycles. The molecule has 0 radical (unpaired) electrons. The van der Waals surface area contributed by atoms with Gasteiger partial charge in [0.2, 0.25) is 5.91 Å². The summed E-state index contributed by atoms with van der Waals surface area (Å²) >= 11 is 0. The van der Waals surface area contributed by atoms with E-state index in [2.05, 4.69) is 48.7 Å². The number of nitrogens with one attached hydrogen (secondary N) is 2. The number of amides is 3. The second-order valence-corrected chi connectivity index (χ2v) is 7.94. The van der Waals surface area contributed by atoms with Crippen molar-refractivity contribution in [3.05, 3.63) is 59.7 Å². The molecule has 3 rings (SSSR count). The minimum Gasteiger partial charge on any atom is -0.493 e. The fourth-order valence-electron chi connectivity index (χ4n) is 3.69. The van der Waals surface area contributed by atoms with Gasteiger partial charge in [-0.2, -0.15) is 0 Å². The van der Waals surface area contributed by atoms with Crippen molar-refractivity contribution in [2.75, 3.05) is 32.1 Å². The van der Waals surface area contributed by atoms with Gasteiger partial charge in [0.05, 0.1) is 13.0 Å². The first kappa shape index (κ1) is 20.7. The highest BCUT2D eigenvalue weighted by Crippen LogP contribution is 2.31. The van der Waals surface area contributed by atoms with Crippen LogP contribution in [0, 0.1) is 0 Å². The van der Waals surface area contributed by atoms with Crippen LogP contribution in [0.25, 0.3) is 0 Å². The number of urea groups is 1. The topological polar surface area (TPSA) is 70.7 Å². The SMILES string of the molecule is CNC(=O)CCOc1ccc(NC(=O)N2CCc3ccccc3C(C)(C)C2)cc1. The second-order valence-electron chi connectivity index (χ2n) is 7.94. The standard InChI is InChI=1S/C23H29N3O3/c1-23(2)16-26(14-12-17-6-4-5-7-20(17)23)22(28)25-18-8-10-19(11-9-18)29-15-13-21(27)24-3/h4-11H,12-16H2,1-3H3,(H,24,27)(H,25,28). The van der Waals surface area contributed by atoms with Crippen LogP contribution in [0.4, 0.5) is 10.5 Å². The molecule has 2 aromatic rings. The van der Waals surface area contributed by atoms with E-state index in [-0.39, 0.29) is 17.4 Å². The molecule has 2 aromatic carbocycles. The Morgan fingerprint density at radius 3 is 2.55 bits per heavy atom. The summed E-state index contributed by atoms with van der Waals surface area (Å²) in [4.78, 5) is 26.0. The van der Waals surface area contributed by atoms with Gasteiger partial charge in [-0.05, 0) is 41.8 Å². The van der Waals surface area contributed by atoms with E-state index in [0.717, 1.165) is 6.42 Å². The Bertz CT molecular complexity index is 862. The van der Waals surface area contributed by atoms with E-state index < -0.39 is 0 Å². The lowest BCUT2D eigenvalue weighted by atomic mass is 9.82. The summed E-state index contributed by atoms with van der Waals surface area (Å²) in [6, 6.07) is 15.6.